The molecule has 1 aromatic carbocycles. The molecule has 0 heterocycles. The van der Waals surface area contributed by atoms with Gasteiger partial charge in [0, 0.05) is 10.5 Å². The number of hydrogen-bond donors (Lipinski definition) is 3. The molecule has 6 heteroatoms. The number of rotatable bonds is 5. The van der Waals surface area contributed by atoms with E-state index in [2.05, 4.69) is 26.2 Å². The summed E-state index contributed by atoms with van der Waals surface area (Å²) in [6, 6.07) is 8.14. The molecule has 0 saturated heterocycles. The second-order valence-corrected chi connectivity index (χ2v) is 5.93. The number of nitrogens with two attached hydrogens (primary N) is 1. The van der Waals surface area contributed by atoms with Crippen LogP contribution in [0.15, 0.2) is 33.7 Å². The Morgan fingerprint density at radius 2 is 2.05 bits per heavy atom. The first-order chi connectivity index (χ1) is 9.03. The monoisotopic (exact) mass is 453 g/mol. The number of guanidine groups is 1. The van der Waals surface area contributed by atoms with E-state index in [9.17, 15) is 5.11 Å². The topological polar surface area (TPSA) is 70.6 Å². The SMILES string of the molecule is CCC(O)(CN=C(N)NC1CC1)c1ccc(Br)cc1.I. The molecule has 1 atom stereocenters. The van der Waals surface area contributed by atoms with Crippen LogP contribution in [0.25, 0.3) is 0 Å². The first kappa shape index (κ1) is 17.7. The van der Waals surface area contributed by atoms with Crippen LogP contribution < -0.4 is 11.1 Å². The molecule has 1 aromatic rings. The van der Waals surface area contributed by atoms with Crippen molar-refractivity contribution in [3.8, 4) is 0 Å². The van der Waals surface area contributed by atoms with Crippen LogP contribution in [-0.4, -0.2) is 23.7 Å². The van der Waals surface area contributed by atoms with Gasteiger partial charge in [0.15, 0.2) is 5.96 Å². The normalized spacial score (nSPS) is 18.1. The molecule has 1 saturated carbocycles. The van der Waals surface area contributed by atoms with Gasteiger partial charge < -0.3 is 16.2 Å². The highest BCUT2D eigenvalue weighted by Crippen LogP contribution is 2.26. The van der Waals surface area contributed by atoms with E-state index in [1.807, 2.05) is 31.2 Å². The van der Waals surface area contributed by atoms with Gasteiger partial charge in [0.2, 0.25) is 0 Å². The lowest BCUT2D eigenvalue weighted by Gasteiger charge is -2.25. The lowest BCUT2D eigenvalue weighted by molar-refractivity contribution is 0.0423. The maximum absolute atomic E-state index is 10.7. The van der Waals surface area contributed by atoms with Crippen molar-refractivity contribution in [3.05, 3.63) is 34.3 Å². The Bertz CT molecular complexity index is 462. The largest absolute Gasteiger partial charge is 0.383 e. The van der Waals surface area contributed by atoms with Gasteiger partial charge in [0.1, 0.15) is 5.60 Å². The van der Waals surface area contributed by atoms with Gasteiger partial charge in [-0.25, -0.2) is 0 Å². The van der Waals surface area contributed by atoms with Crippen molar-refractivity contribution >= 4 is 45.9 Å². The lowest BCUT2D eigenvalue weighted by Crippen LogP contribution is -2.36. The molecule has 4 nitrogen and oxygen atoms in total. The zero-order valence-electron chi connectivity index (χ0n) is 11.5. The predicted molar refractivity (Wildman–Crippen MR) is 96.4 cm³/mol. The van der Waals surface area contributed by atoms with Gasteiger partial charge in [-0.1, -0.05) is 35.0 Å². The van der Waals surface area contributed by atoms with Gasteiger partial charge in [-0.15, -0.1) is 24.0 Å². The number of aliphatic imine (C=N–C) groups is 1. The van der Waals surface area contributed by atoms with Gasteiger partial charge in [-0.2, -0.15) is 0 Å². The van der Waals surface area contributed by atoms with Crippen molar-refractivity contribution < 1.29 is 5.11 Å². The summed E-state index contributed by atoms with van der Waals surface area (Å²) in [6.45, 7) is 2.22. The Morgan fingerprint density at radius 3 is 2.55 bits per heavy atom. The standard InChI is InChI=1S/C14H20BrN3O.HI/c1-2-14(19,10-3-5-11(15)6-4-10)9-17-13(16)18-12-7-8-12;/h3-6,12,19H,2,7-9H2,1H3,(H3,16,17,18);1H. The van der Waals surface area contributed by atoms with E-state index in [-0.39, 0.29) is 30.5 Å². The van der Waals surface area contributed by atoms with Crippen molar-refractivity contribution in [2.45, 2.75) is 37.8 Å². The molecule has 0 amide bonds. The van der Waals surface area contributed by atoms with Crippen LogP contribution in [-0.2, 0) is 5.60 Å². The average molecular weight is 454 g/mol. The Labute approximate surface area is 145 Å². The quantitative estimate of drug-likeness (QED) is 0.364. The first-order valence-corrected chi connectivity index (χ1v) is 7.37. The summed E-state index contributed by atoms with van der Waals surface area (Å²) in [7, 11) is 0. The third kappa shape index (κ3) is 4.89. The number of hydrogen-bond acceptors (Lipinski definition) is 2. The van der Waals surface area contributed by atoms with E-state index >= 15 is 0 Å². The summed E-state index contributed by atoms with van der Waals surface area (Å²) in [4.78, 5) is 4.27. The minimum atomic E-state index is -0.962. The van der Waals surface area contributed by atoms with E-state index in [0.29, 0.717) is 18.4 Å². The zero-order chi connectivity index (χ0) is 13.9. The van der Waals surface area contributed by atoms with Gasteiger partial charge in [0.25, 0.3) is 0 Å². The maximum atomic E-state index is 10.7. The Balaban J connectivity index is 0.00000200. The van der Waals surface area contributed by atoms with Crippen LogP contribution in [0.5, 0.6) is 0 Å². The summed E-state index contributed by atoms with van der Waals surface area (Å²) in [6.07, 6.45) is 2.90. The molecule has 1 fully saturated rings. The average Bonchev–Trinajstić information content (AvgIpc) is 3.21. The molecule has 0 radical (unpaired) electrons. The van der Waals surface area contributed by atoms with Crippen LogP contribution in [0.1, 0.15) is 31.7 Å². The molecule has 2 rings (SSSR count). The van der Waals surface area contributed by atoms with Gasteiger partial charge in [0.05, 0.1) is 6.54 Å². The summed E-state index contributed by atoms with van der Waals surface area (Å²) in [5.74, 6) is 0.423. The van der Waals surface area contributed by atoms with Crippen molar-refractivity contribution in [2.24, 2.45) is 10.7 Å². The molecule has 1 aliphatic carbocycles. The Morgan fingerprint density at radius 1 is 1.45 bits per heavy atom. The van der Waals surface area contributed by atoms with Gasteiger partial charge in [-0.05, 0) is 37.0 Å². The van der Waals surface area contributed by atoms with Gasteiger partial charge in [-0.3, -0.25) is 4.99 Å². The number of nitrogens with one attached hydrogen (secondary N) is 1. The molecule has 0 aromatic heterocycles. The second kappa shape index (κ2) is 7.61. The molecule has 0 aliphatic heterocycles. The highest BCUT2D eigenvalue weighted by molar-refractivity contribution is 14.0. The third-order valence-corrected chi connectivity index (χ3v) is 3.94. The highest BCUT2D eigenvalue weighted by Gasteiger charge is 2.27. The van der Waals surface area contributed by atoms with Crippen LogP contribution in [0.4, 0.5) is 0 Å². The summed E-state index contributed by atoms with van der Waals surface area (Å²) in [5, 5.41) is 13.8. The lowest BCUT2D eigenvalue weighted by atomic mass is 9.91. The van der Waals surface area contributed by atoms with Crippen molar-refractivity contribution in [2.75, 3.05) is 6.54 Å². The van der Waals surface area contributed by atoms with E-state index in [1.54, 1.807) is 0 Å². The number of aliphatic hydroxyl groups is 1. The zero-order valence-corrected chi connectivity index (χ0v) is 15.4. The third-order valence-electron chi connectivity index (χ3n) is 3.41. The molecular formula is C14H21BrIN3O. The fraction of sp³-hybridized carbons (Fsp3) is 0.500. The maximum Gasteiger partial charge on any atom is 0.188 e. The summed E-state index contributed by atoms with van der Waals surface area (Å²) >= 11 is 3.39. The smallest absolute Gasteiger partial charge is 0.188 e. The number of benzene rings is 1. The Hall–Kier alpha value is -0.340. The molecule has 112 valence electrons. The molecule has 0 bridgehead atoms. The fourth-order valence-electron chi connectivity index (χ4n) is 1.87. The Kier molecular flexibility index (Phi) is 6.74. The second-order valence-electron chi connectivity index (χ2n) is 5.01. The van der Waals surface area contributed by atoms with Crippen molar-refractivity contribution in [3.63, 3.8) is 0 Å². The number of halogens is 2. The summed E-state index contributed by atoms with van der Waals surface area (Å²) in [5.41, 5.74) is 5.70. The van der Waals surface area contributed by atoms with E-state index in [4.69, 9.17) is 5.73 Å². The van der Waals surface area contributed by atoms with Crippen LogP contribution in [0.2, 0.25) is 0 Å². The molecule has 1 unspecified atom stereocenters. The molecule has 4 N–H and O–H groups in total. The molecular weight excluding hydrogens is 433 g/mol. The number of nitrogens with zero attached hydrogens (tertiary/aromatic N) is 1. The highest BCUT2D eigenvalue weighted by atomic mass is 127. The predicted octanol–water partition coefficient (Wildman–Crippen LogP) is 2.73. The molecule has 1 aliphatic rings. The summed E-state index contributed by atoms with van der Waals surface area (Å²) < 4.78 is 0.994. The fourth-order valence-corrected chi connectivity index (χ4v) is 2.13. The van der Waals surface area contributed by atoms with Crippen LogP contribution in [0, 0.1) is 0 Å². The minimum absolute atomic E-state index is 0. The van der Waals surface area contributed by atoms with Crippen molar-refractivity contribution in [1.82, 2.24) is 5.32 Å². The molecule has 20 heavy (non-hydrogen) atoms. The first-order valence-electron chi connectivity index (χ1n) is 6.58. The molecule has 0 spiro atoms. The van der Waals surface area contributed by atoms with Gasteiger partial charge >= 0.3 is 0 Å². The van der Waals surface area contributed by atoms with Crippen LogP contribution in [0.3, 0.4) is 0 Å². The van der Waals surface area contributed by atoms with E-state index < -0.39 is 5.60 Å². The minimum Gasteiger partial charge on any atom is -0.383 e. The van der Waals surface area contributed by atoms with E-state index in [1.165, 1.54) is 0 Å². The van der Waals surface area contributed by atoms with Crippen molar-refractivity contribution in [1.29, 1.82) is 0 Å². The van der Waals surface area contributed by atoms with Crippen LogP contribution >= 0.6 is 39.9 Å². The van der Waals surface area contributed by atoms with E-state index in [0.717, 1.165) is 22.9 Å².